The molecule has 3 rings (SSSR count). The first-order chi connectivity index (χ1) is 9.54. The highest BCUT2D eigenvalue weighted by molar-refractivity contribution is 6.06. The van der Waals surface area contributed by atoms with Crippen LogP contribution in [0.2, 0.25) is 0 Å². The fourth-order valence-electron chi connectivity index (χ4n) is 2.38. The van der Waals surface area contributed by atoms with E-state index in [9.17, 15) is 9.59 Å². The predicted octanol–water partition coefficient (Wildman–Crippen LogP) is 1.22. The fourth-order valence-corrected chi connectivity index (χ4v) is 2.38. The first-order valence-corrected chi connectivity index (χ1v) is 6.46. The van der Waals surface area contributed by atoms with Crippen molar-refractivity contribution in [3.63, 3.8) is 0 Å². The van der Waals surface area contributed by atoms with E-state index in [0.29, 0.717) is 17.9 Å². The number of anilines is 1. The number of carbonyl (C=O) groups excluding carboxylic acids is 2. The zero-order valence-electron chi connectivity index (χ0n) is 11.3. The minimum absolute atomic E-state index is 0.0164. The average Bonchev–Trinajstić information content (AvgIpc) is 2.42. The molecule has 6 heteroatoms. The molecule has 6 nitrogen and oxygen atoms in total. The lowest BCUT2D eigenvalue weighted by atomic mass is 9.93. The molecule has 0 saturated heterocycles. The van der Waals surface area contributed by atoms with Gasteiger partial charge in [-0.3, -0.25) is 9.59 Å². The summed E-state index contributed by atoms with van der Waals surface area (Å²) < 4.78 is 5.40. The van der Waals surface area contributed by atoms with Crippen LogP contribution in [0.4, 0.5) is 5.69 Å². The Morgan fingerprint density at radius 2 is 2.20 bits per heavy atom. The summed E-state index contributed by atoms with van der Waals surface area (Å²) in [5, 5.41) is 8.46. The molecule has 1 atom stereocenters. The van der Waals surface area contributed by atoms with Gasteiger partial charge in [-0.15, -0.1) is 0 Å². The maximum atomic E-state index is 11.6. The molecular weight excluding hydrogens is 258 g/mol. The quantitative estimate of drug-likeness (QED) is 0.836. The Bertz CT molecular complexity index is 624. The van der Waals surface area contributed by atoms with Crippen LogP contribution < -0.4 is 10.1 Å². The molecule has 0 radical (unpaired) electrons. The number of hydrazone groups is 1. The fraction of sp³-hybridized carbons (Fsp3) is 0.357. The van der Waals surface area contributed by atoms with Crippen molar-refractivity contribution in [1.29, 1.82) is 0 Å². The maximum absolute atomic E-state index is 11.6. The Labute approximate surface area is 116 Å². The molecule has 2 heterocycles. The molecule has 0 aromatic heterocycles. The number of hydrogen-bond donors (Lipinski definition) is 1. The molecule has 0 bridgehead atoms. The summed E-state index contributed by atoms with van der Waals surface area (Å²) >= 11 is 0. The highest BCUT2D eigenvalue weighted by Crippen LogP contribution is 2.30. The minimum Gasteiger partial charge on any atom is -0.482 e. The number of rotatable bonds is 1. The van der Waals surface area contributed by atoms with Gasteiger partial charge < -0.3 is 10.1 Å². The largest absolute Gasteiger partial charge is 0.482 e. The van der Waals surface area contributed by atoms with Crippen molar-refractivity contribution in [1.82, 2.24) is 5.01 Å². The third-order valence-electron chi connectivity index (χ3n) is 3.48. The molecular formula is C14H15N3O3. The topological polar surface area (TPSA) is 71.0 Å². The molecule has 2 aliphatic rings. The minimum atomic E-state index is -0.154. The molecule has 0 aliphatic carbocycles. The third-order valence-corrected chi connectivity index (χ3v) is 3.48. The van der Waals surface area contributed by atoms with Crippen molar-refractivity contribution < 1.29 is 14.3 Å². The summed E-state index contributed by atoms with van der Waals surface area (Å²) in [6.07, 6.45) is 0.448. The molecule has 2 aliphatic heterocycles. The van der Waals surface area contributed by atoms with E-state index in [0.717, 1.165) is 11.3 Å². The van der Waals surface area contributed by atoms with Crippen molar-refractivity contribution in [2.75, 3.05) is 19.0 Å². The van der Waals surface area contributed by atoms with Crippen molar-refractivity contribution in [3.05, 3.63) is 23.8 Å². The van der Waals surface area contributed by atoms with Gasteiger partial charge in [-0.05, 0) is 12.1 Å². The average molecular weight is 273 g/mol. The summed E-state index contributed by atoms with van der Waals surface area (Å²) in [6, 6.07) is 5.54. The lowest BCUT2D eigenvalue weighted by molar-refractivity contribution is -0.131. The van der Waals surface area contributed by atoms with E-state index in [2.05, 4.69) is 10.4 Å². The van der Waals surface area contributed by atoms with Crippen LogP contribution in [0.3, 0.4) is 0 Å². The highest BCUT2D eigenvalue weighted by atomic mass is 16.5. The van der Waals surface area contributed by atoms with Gasteiger partial charge in [0, 0.05) is 24.9 Å². The van der Waals surface area contributed by atoms with Gasteiger partial charge in [-0.1, -0.05) is 13.0 Å². The Kier molecular flexibility index (Phi) is 2.93. The molecule has 2 amide bonds. The van der Waals surface area contributed by atoms with E-state index < -0.39 is 0 Å². The lowest BCUT2D eigenvalue weighted by Crippen LogP contribution is -2.33. The van der Waals surface area contributed by atoms with Crippen LogP contribution in [0.1, 0.15) is 18.9 Å². The Balaban J connectivity index is 1.97. The standard InChI is InChI=1S/C14H15N3O3/c1-8-5-13(19)17(2)16-14(8)9-3-4-10-11(6-9)20-7-12(18)15-10/h3-4,6,8H,5,7H2,1-2H3,(H,15,18). The number of fused-ring (bicyclic) bond motifs is 1. The second-order valence-electron chi connectivity index (χ2n) is 5.06. The number of benzene rings is 1. The highest BCUT2D eigenvalue weighted by Gasteiger charge is 2.26. The van der Waals surface area contributed by atoms with Crippen LogP contribution in [0.5, 0.6) is 5.75 Å². The van der Waals surface area contributed by atoms with Crippen LogP contribution >= 0.6 is 0 Å². The molecule has 1 aromatic rings. The first kappa shape index (κ1) is 12.7. The number of hydrogen-bond acceptors (Lipinski definition) is 4. The number of amides is 2. The summed E-state index contributed by atoms with van der Waals surface area (Å²) in [5.74, 6) is 0.563. The molecule has 20 heavy (non-hydrogen) atoms. The Hall–Kier alpha value is -2.37. The normalized spacial score (nSPS) is 21.8. The van der Waals surface area contributed by atoms with Crippen LogP contribution in [0.15, 0.2) is 23.3 Å². The molecule has 1 aromatic carbocycles. The van der Waals surface area contributed by atoms with Gasteiger partial charge >= 0.3 is 0 Å². The number of carbonyl (C=O) groups is 2. The molecule has 0 spiro atoms. The SMILES string of the molecule is CC1CC(=O)N(C)N=C1c1ccc2c(c1)OCC(=O)N2. The predicted molar refractivity (Wildman–Crippen MR) is 73.7 cm³/mol. The maximum Gasteiger partial charge on any atom is 0.262 e. The van der Waals surface area contributed by atoms with E-state index >= 15 is 0 Å². The van der Waals surface area contributed by atoms with Gasteiger partial charge in [-0.2, -0.15) is 5.10 Å². The summed E-state index contributed by atoms with van der Waals surface area (Å²) in [5.41, 5.74) is 2.43. The van der Waals surface area contributed by atoms with E-state index in [-0.39, 0.29) is 24.3 Å². The van der Waals surface area contributed by atoms with Gasteiger partial charge in [0.15, 0.2) is 6.61 Å². The molecule has 0 saturated carbocycles. The van der Waals surface area contributed by atoms with Gasteiger partial charge in [0.25, 0.3) is 5.91 Å². The second-order valence-corrected chi connectivity index (χ2v) is 5.06. The van der Waals surface area contributed by atoms with Gasteiger partial charge in [0.05, 0.1) is 11.4 Å². The number of nitrogens with one attached hydrogen (secondary N) is 1. The molecule has 0 fully saturated rings. The van der Waals surface area contributed by atoms with Crippen molar-refractivity contribution in [2.45, 2.75) is 13.3 Å². The molecule has 104 valence electrons. The summed E-state index contributed by atoms with van der Waals surface area (Å²) in [6.45, 7) is 2.00. The Morgan fingerprint density at radius 1 is 1.40 bits per heavy atom. The lowest BCUT2D eigenvalue weighted by Gasteiger charge is -2.26. The van der Waals surface area contributed by atoms with Gasteiger partial charge in [-0.25, -0.2) is 5.01 Å². The summed E-state index contributed by atoms with van der Waals surface area (Å²) in [4.78, 5) is 22.8. The number of ether oxygens (including phenoxy) is 1. The van der Waals surface area contributed by atoms with Crippen molar-refractivity contribution >= 4 is 23.2 Å². The van der Waals surface area contributed by atoms with Crippen molar-refractivity contribution in [2.24, 2.45) is 11.0 Å². The second kappa shape index (κ2) is 4.63. The Morgan fingerprint density at radius 3 is 3.00 bits per heavy atom. The summed E-state index contributed by atoms with van der Waals surface area (Å²) in [7, 11) is 1.66. The zero-order valence-corrected chi connectivity index (χ0v) is 11.3. The van der Waals surface area contributed by atoms with Crippen LogP contribution in [0.25, 0.3) is 0 Å². The number of nitrogens with zero attached hydrogens (tertiary/aromatic N) is 2. The molecule has 1 unspecified atom stereocenters. The monoisotopic (exact) mass is 273 g/mol. The van der Waals surface area contributed by atoms with E-state index in [1.165, 1.54) is 5.01 Å². The smallest absolute Gasteiger partial charge is 0.262 e. The van der Waals surface area contributed by atoms with Crippen LogP contribution in [-0.2, 0) is 9.59 Å². The van der Waals surface area contributed by atoms with Crippen molar-refractivity contribution in [3.8, 4) is 5.75 Å². The van der Waals surface area contributed by atoms with E-state index in [1.807, 2.05) is 19.1 Å². The van der Waals surface area contributed by atoms with Gasteiger partial charge in [0.2, 0.25) is 5.91 Å². The zero-order chi connectivity index (χ0) is 14.3. The van der Waals surface area contributed by atoms with E-state index in [4.69, 9.17) is 4.74 Å². The molecule has 1 N–H and O–H groups in total. The van der Waals surface area contributed by atoms with E-state index in [1.54, 1.807) is 13.1 Å². The first-order valence-electron chi connectivity index (χ1n) is 6.46. The third kappa shape index (κ3) is 2.13. The van der Waals surface area contributed by atoms with Crippen LogP contribution in [0, 0.1) is 5.92 Å². The van der Waals surface area contributed by atoms with Crippen LogP contribution in [-0.4, -0.2) is 36.2 Å². The van der Waals surface area contributed by atoms with Gasteiger partial charge in [0.1, 0.15) is 5.75 Å².